The molecule has 1 aromatic carbocycles. The maximum Gasteiger partial charge on any atom is 0.263 e. The van der Waals surface area contributed by atoms with Crippen LogP contribution in [0, 0.1) is 6.92 Å². The van der Waals surface area contributed by atoms with E-state index in [1.54, 1.807) is 25.1 Å². The Balaban J connectivity index is 2.15. The largest absolute Gasteiger partial charge is 0.373 e. The number of hydrogen-bond donors (Lipinski definition) is 1. The summed E-state index contributed by atoms with van der Waals surface area (Å²) in [4.78, 5) is 36.7. The number of aliphatic hydroxyl groups excluding tert-OH is 1. The molecule has 1 N–H and O–H groups in total. The van der Waals surface area contributed by atoms with Crippen molar-refractivity contribution in [3.63, 3.8) is 0 Å². The van der Waals surface area contributed by atoms with Gasteiger partial charge in [-0.3, -0.25) is 14.4 Å². The zero-order valence-electron chi connectivity index (χ0n) is 12.0. The molecule has 110 valence electrons. The summed E-state index contributed by atoms with van der Waals surface area (Å²) in [6.07, 6.45) is -1.25. The molecule has 1 aromatic rings. The Kier molecular flexibility index (Phi) is 4.04. The molecule has 0 aliphatic carbocycles. The molecule has 5 nitrogen and oxygen atoms in total. The van der Waals surface area contributed by atoms with Crippen LogP contribution in [-0.2, 0) is 4.79 Å². The minimum Gasteiger partial charge on any atom is -0.373 e. The zero-order valence-corrected chi connectivity index (χ0v) is 12.0. The normalized spacial score (nSPS) is 15.1. The van der Waals surface area contributed by atoms with Gasteiger partial charge in [-0.05, 0) is 38.0 Å². The monoisotopic (exact) mass is 287 g/mol. The van der Waals surface area contributed by atoms with E-state index in [4.69, 9.17) is 0 Å². The van der Waals surface area contributed by atoms with Gasteiger partial charge in [-0.25, -0.2) is 4.90 Å². The highest BCUT2D eigenvalue weighted by Gasteiger charge is 2.39. The van der Waals surface area contributed by atoms with E-state index in [9.17, 15) is 19.5 Å². The van der Waals surface area contributed by atoms with Crippen LogP contribution in [0.4, 0.5) is 0 Å². The molecule has 5 heteroatoms. The van der Waals surface area contributed by atoms with Crippen molar-refractivity contribution < 1.29 is 19.5 Å². The maximum atomic E-state index is 12.2. The van der Waals surface area contributed by atoms with E-state index in [-0.39, 0.29) is 24.2 Å². The lowest BCUT2D eigenvalue weighted by Crippen LogP contribution is -2.40. The number of fused-ring (bicyclic) bond motifs is 1. The number of allylic oxidation sites excluding steroid dienone is 1. The van der Waals surface area contributed by atoms with Crippen LogP contribution in [0.5, 0.6) is 0 Å². The summed E-state index contributed by atoms with van der Waals surface area (Å²) in [5.74, 6) is -1.24. The molecule has 2 rings (SSSR count). The number of hydrogen-bond acceptors (Lipinski definition) is 4. The molecule has 1 aliphatic heterocycles. The number of carbonyl (C=O) groups excluding carboxylic acids is 3. The average molecular weight is 287 g/mol. The lowest BCUT2D eigenvalue weighted by Gasteiger charge is -2.20. The molecule has 0 spiro atoms. The SMILES string of the molecule is C=C(C)C(=O)CCC(O)N1C(=O)c2ccc(C)cc2C1=O. The van der Waals surface area contributed by atoms with Crippen molar-refractivity contribution in [3.8, 4) is 0 Å². The summed E-state index contributed by atoms with van der Waals surface area (Å²) in [5.41, 5.74) is 1.84. The third-order valence-corrected chi connectivity index (χ3v) is 3.48. The van der Waals surface area contributed by atoms with E-state index in [0.717, 1.165) is 10.5 Å². The van der Waals surface area contributed by atoms with Gasteiger partial charge in [0, 0.05) is 6.42 Å². The quantitative estimate of drug-likeness (QED) is 0.662. The fourth-order valence-electron chi connectivity index (χ4n) is 2.25. The number of ketones is 1. The van der Waals surface area contributed by atoms with Crippen LogP contribution in [0.15, 0.2) is 30.4 Å². The fraction of sp³-hybridized carbons (Fsp3) is 0.312. The van der Waals surface area contributed by atoms with Crippen LogP contribution in [0.2, 0.25) is 0 Å². The van der Waals surface area contributed by atoms with Gasteiger partial charge < -0.3 is 5.11 Å². The van der Waals surface area contributed by atoms with Crippen molar-refractivity contribution in [1.82, 2.24) is 4.90 Å². The summed E-state index contributed by atoms with van der Waals surface area (Å²) < 4.78 is 0. The molecule has 0 saturated heterocycles. The van der Waals surface area contributed by atoms with Crippen LogP contribution >= 0.6 is 0 Å². The Morgan fingerprint density at radius 3 is 2.52 bits per heavy atom. The summed E-state index contributed by atoms with van der Waals surface area (Å²) >= 11 is 0. The second-order valence-electron chi connectivity index (χ2n) is 5.25. The molecule has 1 atom stereocenters. The summed E-state index contributed by atoms with van der Waals surface area (Å²) in [5, 5.41) is 10.1. The van der Waals surface area contributed by atoms with Crippen LogP contribution in [0.1, 0.15) is 46.0 Å². The van der Waals surface area contributed by atoms with Crippen LogP contribution in [0.25, 0.3) is 0 Å². The number of nitrogens with zero attached hydrogens (tertiary/aromatic N) is 1. The van der Waals surface area contributed by atoms with Gasteiger partial charge in [0.05, 0.1) is 11.1 Å². The van der Waals surface area contributed by atoms with Crippen molar-refractivity contribution in [1.29, 1.82) is 0 Å². The predicted octanol–water partition coefficient (Wildman–Crippen LogP) is 1.83. The molecule has 0 aromatic heterocycles. The van der Waals surface area contributed by atoms with Crippen molar-refractivity contribution in [2.75, 3.05) is 0 Å². The predicted molar refractivity (Wildman–Crippen MR) is 76.7 cm³/mol. The van der Waals surface area contributed by atoms with E-state index in [0.29, 0.717) is 11.1 Å². The molecular formula is C16H17NO4. The second-order valence-corrected chi connectivity index (χ2v) is 5.25. The van der Waals surface area contributed by atoms with E-state index < -0.39 is 18.0 Å². The van der Waals surface area contributed by atoms with Gasteiger partial charge in [0.1, 0.15) is 6.23 Å². The van der Waals surface area contributed by atoms with Crippen LogP contribution in [0.3, 0.4) is 0 Å². The topological polar surface area (TPSA) is 74.7 Å². The van der Waals surface area contributed by atoms with Gasteiger partial charge >= 0.3 is 0 Å². The Morgan fingerprint density at radius 2 is 1.90 bits per heavy atom. The highest BCUT2D eigenvalue weighted by Crippen LogP contribution is 2.26. The first kappa shape index (κ1) is 15.1. The fourth-order valence-corrected chi connectivity index (χ4v) is 2.25. The number of carbonyl (C=O) groups is 3. The first-order chi connectivity index (χ1) is 9.82. The molecule has 0 bridgehead atoms. The highest BCUT2D eigenvalue weighted by atomic mass is 16.3. The Hall–Kier alpha value is -2.27. The molecule has 1 aliphatic rings. The number of aryl methyl sites for hydroxylation is 1. The van der Waals surface area contributed by atoms with Gasteiger partial charge in [-0.2, -0.15) is 0 Å². The molecule has 0 radical (unpaired) electrons. The standard InChI is InChI=1S/C16H17NO4/c1-9(2)13(18)6-7-14(19)17-15(20)11-5-4-10(3)8-12(11)16(17)21/h4-5,8,14,19H,1,6-7H2,2-3H3. The molecular weight excluding hydrogens is 270 g/mol. The van der Waals surface area contributed by atoms with Gasteiger partial charge in [0.15, 0.2) is 5.78 Å². The van der Waals surface area contributed by atoms with Crippen LogP contribution in [-0.4, -0.2) is 33.8 Å². The Bertz CT molecular complexity index is 648. The average Bonchev–Trinajstić information content (AvgIpc) is 2.67. The van der Waals surface area contributed by atoms with E-state index >= 15 is 0 Å². The maximum absolute atomic E-state index is 12.2. The Morgan fingerprint density at radius 1 is 1.29 bits per heavy atom. The highest BCUT2D eigenvalue weighted by molar-refractivity contribution is 6.21. The number of benzene rings is 1. The lowest BCUT2D eigenvalue weighted by molar-refractivity contribution is -0.116. The minimum absolute atomic E-state index is 0.0101. The third kappa shape index (κ3) is 2.78. The lowest BCUT2D eigenvalue weighted by atomic mass is 10.1. The minimum atomic E-state index is -1.30. The number of aliphatic hydroxyl groups is 1. The molecule has 2 amide bonds. The van der Waals surface area contributed by atoms with Crippen LogP contribution < -0.4 is 0 Å². The van der Waals surface area contributed by atoms with Gasteiger partial charge in [-0.15, -0.1) is 0 Å². The van der Waals surface area contributed by atoms with E-state index in [1.807, 2.05) is 6.92 Å². The first-order valence-corrected chi connectivity index (χ1v) is 6.68. The van der Waals surface area contributed by atoms with Crippen molar-refractivity contribution in [3.05, 3.63) is 47.0 Å². The van der Waals surface area contributed by atoms with Gasteiger partial charge in [0.2, 0.25) is 0 Å². The first-order valence-electron chi connectivity index (χ1n) is 6.68. The van der Waals surface area contributed by atoms with Gasteiger partial charge in [-0.1, -0.05) is 18.2 Å². The van der Waals surface area contributed by atoms with E-state index in [2.05, 4.69) is 6.58 Å². The molecule has 0 fully saturated rings. The van der Waals surface area contributed by atoms with Crippen molar-refractivity contribution in [2.24, 2.45) is 0 Å². The second kappa shape index (κ2) is 5.61. The molecule has 0 saturated carbocycles. The van der Waals surface area contributed by atoms with E-state index in [1.165, 1.54) is 0 Å². The third-order valence-electron chi connectivity index (χ3n) is 3.48. The molecule has 1 heterocycles. The number of Topliss-reactive ketones (excluding diaryl/α,β-unsaturated/α-hetero) is 1. The molecule has 21 heavy (non-hydrogen) atoms. The number of amides is 2. The summed E-state index contributed by atoms with van der Waals surface area (Å²) in [6, 6.07) is 4.95. The van der Waals surface area contributed by atoms with Crippen molar-refractivity contribution >= 4 is 17.6 Å². The summed E-state index contributed by atoms with van der Waals surface area (Å²) in [7, 11) is 0. The number of rotatable bonds is 5. The molecule has 1 unspecified atom stereocenters. The summed E-state index contributed by atoms with van der Waals surface area (Å²) in [6.45, 7) is 6.93. The van der Waals surface area contributed by atoms with Gasteiger partial charge in [0.25, 0.3) is 11.8 Å². The number of imide groups is 1. The zero-order chi connectivity index (χ0) is 15.7. The Labute approximate surface area is 122 Å². The smallest absolute Gasteiger partial charge is 0.263 e. The van der Waals surface area contributed by atoms with Crippen molar-refractivity contribution in [2.45, 2.75) is 32.9 Å².